The number of benzene rings is 4. The SMILES string of the molecule is CC(CCc1ccccc1)n1c(-c2cccc3ccccc23)csc1=Nc1ccccc1[N+](=O)[O-]. The molecule has 0 amide bonds. The van der Waals surface area contributed by atoms with Crippen molar-refractivity contribution in [2.45, 2.75) is 25.8 Å². The van der Waals surface area contributed by atoms with Gasteiger partial charge in [0.1, 0.15) is 5.69 Å². The number of fused-ring (bicyclic) bond motifs is 1. The number of nitro benzene ring substituents is 1. The van der Waals surface area contributed by atoms with E-state index >= 15 is 0 Å². The summed E-state index contributed by atoms with van der Waals surface area (Å²) in [5.41, 5.74) is 3.88. The van der Waals surface area contributed by atoms with Gasteiger partial charge in [-0.15, -0.1) is 11.3 Å². The van der Waals surface area contributed by atoms with Gasteiger partial charge in [-0.2, -0.15) is 0 Å². The highest BCUT2D eigenvalue weighted by atomic mass is 32.1. The maximum Gasteiger partial charge on any atom is 0.294 e. The molecular formula is C29H25N3O2S. The summed E-state index contributed by atoms with van der Waals surface area (Å²) in [7, 11) is 0. The normalized spacial score (nSPS) is 12.7. The molecule has 0 radical (unpaired) electrons. The first kappa shape index (κ1) is 22.7. The summed E-state index contributed by atoms with van der Waals surface area (Å²) in [5.74, 6) is 0. The Balaban J connectivity index is 1.66. The van der Waals surface area contributed by atoms with Gasteiger partial charge in [0.25, 0.3) is 5.69 Å². The molecule has 5 nitrogen and oxygen atoms in total. The molecule has 5 rings (SSSR count). The van der Waals surface area contributed by atoms with Crippen LogP contribution in [-0.2, 0) is 6.42 Å². The van der Waals surface area contributed by atoms with Gasteiger partial charge >= 0.3 is 0 Å². The Morgan fingerprint density at radius 2 is 1.63 bits per heavy atom. The molecule has 0 aliphatic rings. The Hall–Kier alpha value is -4.03. The van der Waals surface area contributed by atoms with E-state index in [1.807, 2.05) is 12.1 Å². The molecule has 174 valence electrons. The van der Waals surface area contributed by atoms with Gasteiger partial charge in [0, 0.05) is 23.1 Å². The van der Waals surface area contributed by atoms with Crippen LogP contribution in [0.2, 0.25) is 0 Å². The first-order valence-electron chi connectivity index (χ1n) is 11.6. The molecule has 4 aromatic carbocycles. The van der Waals surface area contributed by atoms with E-state index in [1.165, 1.54) is 33.7 Å². The monoisotopic (exact) mass is 479 g/mol. The second-order valence-electron chi connectivity index (χ2n) is 8.53. The van der Waals surface area contributed by atoms with Crippen LogP contribution in [0, 0.1) is 10.1 Å². The fourth-order valence-corrected chi connectivity index (χ4v) is 5.44. The molecule has 0 saturated carbocycles. The van der Waals surface area contributed by atoms with Gasteiger partial charge < -0.3 is 4.57 Å². The van der Waals surface area contributed by atoms with E-state index in [-0.39, 0.29) is 16.7 Å². The van der Waals surface area contributed by atoms with Crippen LogP contribution in [0.1, 0.15) is 24.9 Å². The molecule has 0 saturated heterocycles. The molecule has 5 aromatic rings. The lowest BCUT2D eigenvalue weighted by atomic mass is 10.0. The Labute approximate surface area is 207 Å². The van der Waals surface area contributed by atoms with E-state index < -0.39 is 0 Å². The molecule has 0 spiro atoms. The number of rotatable bonds is 7. The minimum absolute atomic E-state index is 0.0103. The Morgan fingerprint density at radius 3 is 2.46 bits per heavy atom. The summed E-state index contributed by atoms with van der Waals surface area (Å²) < 4.78 is 2.24. The lowest BCUT2D eigenvalue weighted by Crippen LogP contribution is -2.20. The molecular weight excluding hydrogens is 454 g/mol. The van der Waals surface area contributed by atoms with Crippen molar-refractivity contribution in [2.75, 3.05) is 0 Å². The lowest BCUT2D eigenvalue weighted by Gasteiger charge is -2.18. The van der Waals surface area contributed by atoms with Crippen molar-refractivity contribution in [1.82, 2.24) is 4.57 Å². The van der Waals surface area contributed by atoms with Crippen LogP contribution in [0.15, 0.2) is 107 Å². The summed E-state index contributed by atoms with van der Waals surface area (Å²) in [6.45, 7) is 2.20. The Bertz CT molecular complexity index is 1550. The van der Waals surface area contributed by atoms with Gasteiger partial charge in [-0.05, 0) is 42.2 Å². The topological polar surface area (TPSA) is 60.4 Å². The predicted molar refractivity (Wildman–Crippen MR) is 143 cm³/mol. The average molecular weight is 480 g/mol. The molecule has 35 heavy (non-hydrogen) atoms. The summed E-state index contributed by atoms with van der Waals surface area (Å²) in [6.07, 6.45) is 1.85. The van der Waals surface area contributed by atoms with E-state index in [9.17, 15) is 10.1 Å². The number of aryl methyl sites for hydroxylation is 1. The average Bonchev–Trinajstić information content (AvgIpc) is 3.31. The van der Waals surface area contributed by atoms with Crippen molar-refractivity contribution < 1.29 is 4.92 Å². The predicted octanol–water partition coefficient (Wildman–Crippen LogP) is 7.70. The number of para-hydroxylation sites is 2. The van der Waals surface area contributed by atoms with Crippen molar-refractivity contribution in [3.05, 3.63) is 123 Å². The van der Waals surface area contributed by atoms with Crippen molar-refractivity contribution in [2.24, 2.45) is 4.99 Å². The maximum atomic E-state index is 11.6. The van der Waals surface area contributed by atoms with Gasteiger partial charge in [-0.25, -0.2) is 4.99 Å². The summed E-state index contributed by atoms with van der Waals surface area (Å²) >= 11 is 1.52. The second-order valence-corrected chi connectivity index (χ2v) is 9.37. The summed E-state index contributed by atoms with van der Waals surface area (Å²) in [4.78, 5) is 16.8. The first-order valence-corrected chi connectivity index (χ1v) is 12.5. The van der Waals surface area contributed by atoms with E-state index in [2.05, 4.69) is 77.5 Å². The van der Waals surface area contributed by atoms with E-state index in [0.717, 1.165) is 28.9 Å². The van der Waals surface area contributed by atoms with Gasteiger partial charge in [0.05, 0.1) is 10.6 Å². The molecule has 0 N–H and O–H groups in total. The maximum absolute atomic E-state index is 11.6. The highest BCUT2D eigenvalue weighted by Gasteiger charge is 2.18. The number of hydrogen-bond donors (Lipinski definition) is 0. The number of nitrogens with zero attached hydrogens (tertiary/aromatic N) is 3. The standard InChI is InChI=1S/C29H25N3O2S/c1-21(18-19-22-10-3-2-4-11-22)31-28(25-15-9-13-23-12-5-6-14-24(23)25)20-35-29(31)30-26-16-7-8-17-27(26)32(33)34/h2-17,20-21H,18-19H2,1H3. The molecule has 0 aliphatic carbocycles. The fraction of sp³-hybridized carbons (Fsp3) is 0.138. The van der Waals surface area contributed by atoms with Crippen LogP contribution < -0.4 is 4.80 Å². The highest BCUT2D eigenvalue weighted by Crippen LogP contribution is 2.32. The minimum Gasteiger partial charge on any atom is -0.314 e. The molecule has 1 aromatic heterocycles. The van der Waals surface area contributed by atoms with Crippen molar-refractivity contribution >= 4 is 33.5 Å². The highest BCUT2D eigenvalue weighted by molar-refractivity contribution is 7.07. The minimum atomic E-state index is -0.374. The van der Waals surface area contributed by atoms with Crippen LogP contribution in [0.25, 0.3) is 22.0 Å². The molecule has 0 aliphatic heterocycles. The van der Waals surface area contributed by atoms with E-state index in [0.29, 0.717) is 5.69 Å². The number of thiazole rings is 1. The van der Waals surface area contributed by atoms with Crippen molar-refractivity contribution in [3.8, 4) is 11.3 Å². The summed E-state index contributed by atoms with van der Waals surface area (Å²) in [6, 6.07) is 31.9. The molecule has 1 heterocycles. The summed E-state index contributed by atoms with van der Waals surface area (Å²) in [5, 5.41) is 16.1. The van der Waals surface area contributed by atoms with Crippen molar-refractivity contribution in [1.29, 1.82) is 0 Å². The van der Waals surface area contributed by atoms with E-state index in [1.54, 1.807) is 18.2 Å². The van der Waals surface area contributed by atoms with Gasteiger partial charge in [-0.1, -0.05) is 84.9 Å². The van der Waals surface area contributed by atoms with Gasteiger partial charge in [-0.3, -0.25) is 10.1 Å². The zero-order valence-corrected chi connectivity index (χ0v) is 20.2. The third-order valence-corrected chi connectivity index (χ3v) is 7.08. The Morgan fingerprint density at radius 1 is 0.914 bits per heavy atom. The second kappa shape index (κ2) is 10.1. The Kier molecular flexibility index (Phi) is 6.55. The molecule has 6 heteroatoms. The zero-order valence-electron chi connectivity index (χ0n) is 19.4. The smallest absolute Gasteiger partial charge is 0.294 e. The van der Waals surface area contributed by atoms with Crippen LogP contribution in [-0.4, -0.2) is 9.49 Å². The van der Waals surface area contributed by atoms with Crippen LogP contribution in [0.4, 0.5) is 11.4 Å². The van der Waals surface area contributed by atoms with Gasteiger partial charge in [0.2, 0.25) is 0 Å². The van der Waals surface area contributed by atoms with E-state index in [4.69, 9.17) is 4.99 Å². The lowest BCUT2D eigenvalue weighted by molar-refractivity contribution is -0.384. The molecule has 1 unspecified atom stereocenters. The van der Waals surface area contributed by atoms with Gasteiger partial charge in [0.15, 0.2) is 4.80 Å². The molecule has 0 fully saturated rings. The quantitative estimate of drug-likeness (QED) is 0.177. The number of hydrogen-bond acceptors (Lipinski definition) is 4. The van der Waals surface area contributed by atoms with Crippen LogP contribution in [0.3, 0.4) is 0 Å². The van der Waals surface area contributed by atoms with Crippen LogP contribution in [0.5, 0.6) is 0 Å². The third-order valence-electron chi connectivity index (χ3n) is 6.24. The largest absolute Gasteiger partial charge is 0.314 e. The van der Waals surface area contributed by atoms with Crippen molar-refractivity contribution in [3.63, 3.8) is 0 Å². The number of nitro groups is 1. The third kappa shape index (κ3) is 4.79. The fourth-order valence-electron chi connectivity index (χ4n) is 4.44. The van der Waals surface area contributed by atoms with Crippen LogP contribution >= 0.6 is 11.3 Å². The first-order chi connectivity index (χ1) is 17.1. The zero-order chi connectivity index (χ0) is 24.2. The molecule has 1 atom stereocenters. The molecule has 0 bridgehead atoms. The number of aromatic nitrogens is 1.